The Morgan fingerprint density at radius 2 is 2.13 bits per heavy atom. The molecule has 9 nitrogen and oxygen atoms in total. The molecule has 0 aliphatic heterocycles. The highest BCUT2D eigenvalue weighted by molar-refractivity contribution is 5.78. The molecule has 1 amide bonds. The van der Waals surface area contributed by atoms with Crippen molar-refractivity contribution in [2.24, 2.45) is 13.0 Å². The molecular weight excluding hydrogens is 300 g/mol. The van der Waals surface area contributed by atoms with E-state index in [1.54, 1.807) is 18.5 Å². The highest BCUT2D eigenvalue weighted by Gasteiger charge is 2.20. The van der Waals surface area contributed by atoms with Crippen molar-refractivity contribution in [3.63, 3.8) is 0 Å². The van der Waals surface area contributed by atoms with Crippen LogP contribution in [0.3, 0.4) is 0 Å². The van der Waals surface area contributed by atoms with E-state index in [0.29, 0.717) is 12.2 Å². The second kappa shape index (κ2) is 6.59. The molecule has 23 heavy (non-hydrogen) atoms. The van der Waals surface area contributed by atoms with Gasteiger partial charge in [0.05, 0.1) is 35.0 Å². The summed E-state index contributed by atoms with van der Waals surface area (Å²) in [7, 11) is 1.83. The normalized spacial score (nSPS) is 12.2. The van der Waals surface area contributed by atoms with Crippen molar-refractivity contribution in [2.75, 3.05) is 0 Å². The van der Waals surface area contributed by atoms with Crippen LogP contribution in [-0.4, -0.2) is 30.4 Å². The van der Waals surface area contributed by atoms with Gasteiger partial charge in [0, 0.05) is 25.4 Å². The zero-order valence-electron chi connectivity index (χ0n) is 13.6. The van der Waals surface area contributed by atoms with E-state index in [1.165, 1.54) is 10.7 Å². The number of aromatic nitrogens is 4. The zero-order valence-corrected chi connectivity index (χ0v) is 13.6. The first-order chi connectivity index (χ1) is 10.8. The summed E-state index contributed by atoms with van der Waals surface area (Å²) in [5.74, 6) is -0.697. The first kappa shape index (κ1) is 16.7. The van der Waals surface area contributed by atoms with Crippen LogP contribution in [0.4, 0.5) is 5.82 Å². The van der Waals surface area contributed by atoms with E-state index in [1.807, 2.05) is 20.2 Å². The van der Waals surface area contributed by atoms with Crippen molar-refractivity contribution in [1.29, 1.82) is 0 Å². The zero-order chi connectivity index (χ0) is 17.1. The molecule has 2 heterocycles. The summed E-state index contributed by atoms with van der Waals surface area (Å²) in [6.45, 7) is 6.07. The molecule has 0 saturated heterocycles. The average molecular weight is 320 g/mol. The largest absolute Gasteiger partial charge is 0.390 e. The lowest BCUT2D eigenvalue weighted by atomic mass is 10.1. The number of carbonyl (C=O) groups is 1. The van der Waals surface area contributed by atoms with Gasteiger partial charge in [-0.3, -0.25) is 9.48 Å². The molecule has 0 aliphatic carbocycles. The molecule has 0 spiro atoms. The molecule has 0 fully saturated rings. The van der Waals surface area contributed by atoms with Gasteiger partial charge in [-0.25, -0.2) is 0 Å². The van der Waals surface area contributed by atoms with Crippen LogP contribution in [0.5, 0.6) is 0 Å². The van der Waals surface area contributed by atoms with E-state index in [9.17, 15) is 14.9 Å². The number of rotatable bonds is 6. The Labute approximate surface area is 133 Å². The Morgan fingerprint density at radius 1 is 1.43 bits per heavy atom. The van der Waals surface area contributed by atoms with E-state index in [-0.39, 0.29) is 24.2 Å². The van der Waals surface area contributed by atoms with Gasteiger partial charge in [0.1, 0.15) is 0 Å². The number of carbonyl (C=O) groups excluding carboxylic acids is 1. The van der Waals surface area contributed by atoms with E-state index in [2.05, 4.69) is 15.5 Å². The maximum atomic E-state index is 12.2. The van der Waals surface area contributed by atoms with Crippen LogP contribution in [0, 0.1) is 29.9 Å². The monoisotopic (exact) mass is 320 g/mol. The lowest BCUT2D eigenvalue weighted by molar-refractivity contribution is -0.389. The number of nitrogens with one attached hydrogen (secondary N) is 1. The van der Waals surface area contributed by atoms with Gasteiger partial charge in [0.25, 0.3) is 0 Å². The van der Waals surface area contributed by atoms with Crippen molar-refractivity contribution >= 4 is 11.7 Å². The van der Waals surface area contributed by atoms with Crippen molar-refractivity contribution in [2.45, 2.75) is 33.9 Å². The summed E-state index contributed by atoms with van der Waals surface area (Å²) >= 11 is 0. The Balaban J connectivity index is 1.95. The van der Waals surface area contributed by atoms with Gasteiger partial charge < -0.3 is 15.4 Å². The topological polar surface area (TPSA) is 108 Å². The minimum atomic E-state index is -0.542. The fourth-order valence-corrected chi connectivity index (χ4v) is 2.29. The first-order valence-electron chi connectivity index (χ1n) is 7.23. The molecule has 2 rings (SSSR count). The molecule has 1 N–H and O–H groups in total. The molecule has 0 bridgehead atoms. The number of nitrogens with zero attached hydrogens (tertiary/aromatic N) is 5. The highest BCUT2D eigenvalue weighted by Crippen LogP contribution is 2.13. The number of hydrogen-bond acceptors (Lipinski definition) is 5. The van der Waals surface area contributed by atoms with Crippen LogP contribution in [0.2, 0.25) is 0 Å². The van der Waals surface area contributed by atoms with E-state index in [0.717, 1.165) is 11.3 Å². The predicted octanol–water partition coefficient (Wildman–Crippen LogP) is 1.09. The fourth-order valence-electron chi connectivity index (χ4n) is 2.29. The lowest BCUT2D eigenvalue weighted by Gasteiger charge is -2.11. The minimum Gasteiger partial charge on any atom is -0.358 e. The van der Waals surface area contributed by atoms with E-state index < -0.39 is 4.92 Å². The maximum Gasteiger partial charge on any atom is 0.390 e. The highest BCUT2D eigenvalue weighted by atomic mass is 16.6. The predicted molar refractivity (Wildman–Crippen MR) is 82.6 cm³/mol. The minimum absolute atomic E-state index is 0.134. The van der Waals surface area contributed by atoms with E-state index in [4.69, 9.17) is 0 Å². The van der Waals surface area contributed by atoms with Gasteiger partial charge in [-0.15, -0.1) is 0 Å². The van der Waals surface area contributed by atoms with Crippen molar-refractivity contribution in [3.8, 4) is 0 Å². The van der Waals surface area contributed by atoms with Crippen molar-refractivity contribution in [1.82, 2.24) is 24.9 Å². The molecule has 0 aliphatic rings. The summed E-state index contributed by atoms with van der Waals surface area (Å²) in [5.41, 5.74) is 2.48. The van der Waals surface area contributed by atoms with Gasteiger partial charge >= 0.3 is 5.82 Å². The van der Waals surface area contributed by atoms with E-state index >= 15 is 0 Å². The first-order valence-corrected chi connectivity index (χ1v) is 7.23. The number of nitro groups is 1. The number of hydrogen-bond donors (Lipinski definition) is 1. The molecule has 0 aromatic carbocycles. The SMILES string of the molecule is Cc1nn(C)cc1CNC(=O)C(C)Cn1nc([N+](=O)[O-])cc1C. The number of amides is 1. The third-order valence-electron chi connectivity index (χ3n) is 3.62. The third-order valence-corrected chi connectivity index (χ3v) is 3.62. The molecule has 2 aromatic rings. The maximum absolute atomic E-state index is 12.2. The van der Waals surface area contributed by atoms with Crippen LogP contribution in [0.15, 0.2) is 12.3 Å². The van der Waals surface area contributed by atoms with Crippen LogP contribution in [-0.2, 0) is 24.9 Å². The van der Waals surface area contributed by atoms with Crippen molar-refractivity contribution in [3.05, 3.63) is 39.3 Å². The summed E-state index contributed by atoms with van der Waals surface area (Å²) in [6, 6.07) is 1.39. The lowest BCUT2D eigenvalue weighted by Crippen LogP contribution is -2.31. The molecule has 0 saturated carbocycles. The summed E-state index contributed by atoms with van der Waals surface area (Å²) in [5, 5.41) is 21.7. The summed E-state index contributed by atoms with van der Waals surface area (Å²) in [6.07, 6.45) is 1.86. The molecule has 1 atom stereocenters. The third kappa shape index (κ3) is 3.93. The molecule has 124 valence electrons. The van der Waals surface area contributed by atoms with Crippen molar-refractivity contribution < 1.29 is 9.72 Å². The van der Waals surface area contributed by atoms with Gasteiger partial charge in [-0.05, 0) is 18.8 Å². The van der Waals surface area contributed by atoms with Gasteiger partial charge in [-0.1, -0.05) is 6.92 Å². The second-order valence-electron chi connectivity index (χ2n) is 5.62. The second-order valence-corrected chi connectivity index (χ2v) is 5.62. The quantitative estimate of drug-likeness (QED) is 0.633. The molecule has 2 aromatic heterocycles. The van der Waals surface area contributed by atoms with Crippen LogP contribution < -0.4 is 5.32 Å². The average Bonchev–Trinajstić information content (AvgIpc) is 2.99. The fraction of sp³-hybridized carbons (Fsp3) is 0.500. The molecule has 1 unspecified atom stereocenters. The Morgan fingerprint density at radius 3 is 2.65 bits per heavy atom. The standard InChI is InChI=1S/C14H20N6O3/c1-9(7-19-10(2)5-13(17-19)20(22)23)14(21)15-6-12-8-18(4)16-11(12)3/h5,8-9H,6-7H2,1-4H3,(H,15,21). The van der Waals surface area contributed by atoms with Crippen LogP contribution in [0.25, 0.3) is 0 Å². The van der Waals surface area contributed by atoms with Gasteiger partial charge in [0.15, 0.2) is 0 Å². The Kier molecular flexibility index (Phi) is 4.77. The van der Waals surface area contributed by atoms with Gasteiger partial charge in [-0.2, -0.15) is 9.78 Å². The molecule has 9 heteroatoms. The summed E-state index contributed by atoms with van der Waals surface area (Å²) < 4.78 is 3.18. The molecule has 0 radical (unpaired) electrons. The van der Waals surface area contributed by atoms with Crippen LogP contribution in [0.1, 0.15) is 23.9 Å². The number of aryl methyl sites for hydroxylation is 3. The van der Waals surface area contributed by atoms with Crippen LogP contribution >= 0.6 is 0 Å². The van der Waals surface area contributed by atoms with Gasteiger partial charge in [0.2, 0.25) is 5.91 Å². The Hall–Kier alpha value is -2.71. The summed E-state index contributed by atoms with van der Waals surface area (Å²) in [4.78, 5) is 22.4. The smallest absolute Gasteiger partial charge is 0.358 e. The molecular formula is C14H20N6O3. The Bertz CT molecular complexity index is 733.